The molecule has 0 aliphatic carbocycles. The van der Waals surface area contributed by atoms with Crippen LogP contribution in [0.4, 0.5) is 4.39 Å². The van der Waals surface area contributed by atoms with Gasteiger partial charge in [-0.25, -0.2) is 14.2 Å². The van der Waals surface area contributed by atoms with Gasteiger partial charge in [-0.05, 0) is 41.9 Å². The number of nitrogens with zero attached hydrogens (tertiary/aromatic N) is 1. The summed E-state index contributed by atoms with van der Waals surface area (Å²) in [6.45, 7) is 0. The van der Waals surface area contributed by atoms with E-state index in [9.17, 15) is 9.18 Å². The van der Waals surface area contributed by atoms with Crippen LogP contribution in [0.15, 0.2) is 18.2 Å². The number of aromatic amines is 1. The van der Waals surface area contributed by atoms with Gasteiger partial charge in [-0.2, -0.15) is 0 Å². The van der Waals surface area contributed by atoms with Gasteiger partial charge in [0.25, 0.3) is 0 Å². The standard InChI is InChI=1S/C9H5FN2O2S2/c10-4-1-2-5(6(3-4)8(13)14)7-11-9(15)16-12-7/h1-3H,(H,13,14)(H,11,12,15). The van der Waals surface area contributed by atoms with Crippen LogP contribution in [0.25, 0.3) is 11.4 Å². The van der Waals surface area contributed by atoms with Gasteiger partial charge in [0.05, 0.1) is 5.56 Å². The fourth-order valence-electron chi connectivity index (χ4n) is 1.24. The number of hydrogen-bond donors (Lipinski definition) is 2. The average molecular weight is 256 g/mol. The maximum absolute atomic E-state index is 12.9. The molecule has 0 unspecified atom stereocenters. The van der Waals surface area contributed by atoms with Gasteiger partial charge in [-0.15, -0.1) is 0 Å². The van der Waals surface area contributed by atoms with Gasteiger partial charge in [-0.1, -0.05) is 0 Å². The van der Waals surface area contributed by atoms with Crippen LogP contribution < -0.4 is 0 Å². The molecule has 16 heavy (non-hydrogen) atoms. The van der Waals surface area contributed by atoms with Crippen LogP contribution in [0, 0.1) is 9.77 Å². The van der Waals surface area contributed by atoms with Crippen molar-refractivity contribution in [2.75, 3.05) is 0 Å². The molecule has 0 aliphatic rings. The lowest BCUT2D eigenvalue weighted by atomic mass is 10.1. The normalized spacial score (nSPS) is 10.3. The maximum atomic E-state index is 12.9. The number of rotatable bonds is 2. The summed E-state index contributed by atoms with van der Waals surface area (Å²) < 4.78 is 16.1. The number of carboxylic acid groups (broad SMARTS) is 1. The summed E-state index contributed by atoms with van der Waals surface area (Å²) in [5, 5.41) is 8.93. The van der Waals surface area contributed by atoms with E-state index in [0.29, 0.717) is 15.3 Å². The summed E-state index contributed by atoms with van der Waals surface area (Å²) >= 11 is 5.94. The zero-order chi connectivity index (χ0) is 11.7. The molecule has 0 bridgehead atoms. The van der Waals surface area contributed by atoms with Crippen LogP contribution in [0.3, 0.4) is 0 Å². The van der Waals surface area contributed by atoms with E-state index in [4.69, 9.17) is 17.3 Å². The van der Waals surface area contributed by atoms with Gasteiger partial charge in [-0.3, -0.25) is 4.37 Å². The Kier molecular flexibility index (Phi) is 2.80. The summed E-state index contributed by atoms with van der Waals surface area (Å²) in [7, 11) is 0. The molecule has 0 atom stereocenters. The third-order valence-corrected chi connectivity index (χ3v) is 2.81. The predicted octanol–water partition coefficient (Wildman–Crippen LogP) is 2.70. The molecule has 0 amide bonds. The highest BCUT2D eigenvalue weighted by Gasteiger charge is 2.14. The van der Waals surface area contributed by atoms with E-state index in [1.807, 2.05) is 0 Å². The number of aromatic nitrogens is 2. The largest absolute Gasteiger partial charge is 0.478 e. The van der Waals surface area contributed by atoms with Crippen molar-refractivity contribution in [3.05, 3.63) is 33.5 Å². The van der Waals surface area contributed by atoms with Gasteiger partial charge >= 0.3 is 5.97 Å². The molecule has 2 aromatic rings. The zero-order valence-electron chi connectivity index (χ0n) is 7.73. The van der Waals surface area contributed by atoms with Crippen molar-refractivity contribution in [1.82, 2.24) is 9.36 Å². The fraction of sp³-hybridized carbons (Fsp3) is 0. The van der Waals surface area contributed by atoms with E-state index in [1.54, 1.807) is 0 Å². The first-order valence-corrected chi connectivity index (χ1v) is 5.39. The molecule has 0 saturated carbocycles. The molecule has 0 fully saturated rings. The Morgan fingerprint density at radius 2 is 2.31 bits per heavy atom. The molecule has 2 N–H and O–H groups in total. The molecule has 1 aromatic carbocycles. The molecule has 7 heteroatoms. The van der Waals surface area contributed by atoms with Gasteiger partial charge < -0.3 is 5.11 Å². The van der Waals surface area contributed by atoms with Crippen molar-refractivity contribution >= 4 is 29.7 Å². The van der Waals surface area contributed by atoms with Crippen molar-refractivity contribution in [3.8, 4) is 11.4 Å². The first-order valence-electron chi connectivity index (χ1n) is 4.16. The molecular weight excluding hydrogens is 251 g/mol. The van der Waals surface area contributed by atoms with Crippen molar-refractivity contribution in [2.24, 2.45) is 0 Å². The second-order valence-corrected chi connectivity index (χ2v) is 4.37. The molecule has 1 aromatic heterocycles. The Morgan fingerprint density at radius 3 is 2.88 bits per heavy atom. The van der Waals surface area contributed by atoms with E-state index >= 15 is 0 Å². The van der Waals surface area contributed by atoms with Gasteiger partial charge in [0.15, 0.2) is 3.95 Å². The highest BCUT2D eigenvalue weighted by atomic mass is 32.2. The lowest BCUT2D eigenvalue weighted by Gasteiger charge is -2.02. The van der Waals surface area contributed by atoms with Crippen LogP contribution in [0.1, 0.15) is 10.4 Å². The van der Waals surface area contributed by atoms with E-state index < -0.39 is 11.8 Å². The summed E-state index contributed by atoms with van der Waals surface area (Å²) in [6.07, 6.45) is 0. The second-order valence-electron chi connectivity index (χ2n) is 2.93. The topological polar surface area (TPSA) is 66.0 Å². The van der Waals surface area contributed by atoms with Gasteiger partial charge in [0, 0.05) is 5.56 Å². The predicted molar refractivity (Wildman–Crippen MR) is 59.7 cm³/mol. The molecule has 2 rings (SSSR count). The van der Waals surface area contributed by atoms with Crippen molar-refractivity contribution in [3.63, 3.8) is 0 Å². The summed E-state index contributed by atoms with van der Waals surface area (Å²) in [4.78, 5) is 14.9. The molecule has 1 heterocycles. The van der Waals surface area contributed by atoms with Gasteiger partial charge in [0.1, 0.15) is 11.6 Å². The fourth-order valence-corrected chi connectivity index (χ4v) is 1.94. The lowest BCUT2D eigenvalue weighted by Crippen LogP contribution is -2.01. The molecule has 0 radical (unpaired) electrons. The number of H-pyrrole nitrogens is 1. The van der Waals surface area contributed by atoms with Crippen LogP contribution in [-0.4, -0.2) is 20.4 Å². The van der Waals surface area contributed by atoms with E-state index in [-0.39, 0.29) is 5.56 Å². The van der Waals surface area contributed by atoms with E-state index in [1.165, 1.54) is 12.1 Å². The number of nitrogens with one attached hydrogen (secondary N) is 1. The Hall–Kier alpha value is -1.60. The van der Waals surface area contributed by atoms with Crippen molar-refractivity contribution < 1.29 is 14.3 Å². The minimum atomic E-state index is -1.21. The molecule has 0 spiro atoms. The zero-order valence-corrected chi connectivity index (χ0v) is 9.36. The van der Waals surface area contributed by atoms with E-state index in [2.05, 4.69) is 9.36 Å². The summed E-state index contributed by atoms with van der Waals surface area (Å²) in [6, 6.07) is 3.49. The Bertz CT molecular complexity index is 606. The van der Waals surface area contributed by atoms with Crippen LogP contribution in [-0.2, 0) is 0 Å². The number of hydrogen-bond acceptors (Lipinski definition) is 4. The highest BCUT2D eigenvalue weighted by Crippen LogP contribution is 2.22. The van der Waals surface area contributed by atoms with Crippen LogP contribution in [0.5, 0.6) is 0 Å². The molecule has 0 aliphatic heterocycles. The van der Waals surface area contributed by atoms with Crippen molar-refractivity contribution in [2.45, 2.75) is 0 Å². The molecular formula is C9H5FN2O2S2. The number of benzene rings is 1. The minimum absolute atomic E-state index is 0.142. The number of halogens is 1. The monoisotopic (exact) mass is 256 g/mol. The Labute approximate surface area is 98.6 Å². The third kappa shape index (κ3) is 2.00. The molecule has 4 nitrogen and oxygen atoms in total. The highest BCUT2D eigenvalue weighted by molar-refractivity contribution is 7.73. The maximum Gasteiger partial charge on any atom is 0.336 e. The number of carbonyl (C=O) groups is 1. The summed E-state index contributed by atoms with van der Waals surface area (Å²) in [5.74, 6) is -1.47. The number of aromatic carboxylic acids is 1. The Morgan fingerprint density at radius 1 is 1.56 bits per heavy atom. The molecule has 82 valence electrons. The smallest absolute Gasteiger partial charge is 0.336 e. The van der Waals surface area contributed by atoms with Gasteiger partial charge in [0.2, 0.25) is 0 Å². The van der Waals surface area contributed by atoms with E-state index in [0.717, 1.165) is 17.6 Å². The van der Waals surface area contributed by atoms with Crippen molar-refractivity contribution in [1.29, 1.82) is 0 Å². The molecule has 0 saturated heterocycles. The second kappa shape index (κ2) is 4.11. The summed E-state index contributed by atoms with van der Waals surface area (Å²) in [5.41, 5.74) is 0.179. The average Bonchev–Trinajstić information content (AvgIpc) is 2.64. The first-order chi connectivity index (χ1) is 7.58. The first kappa shape index (κ1) is 10.9. The quantitative estimate of drug-likeness (QED) is 0.811. The van der Waals surface area contributed by atoms with Crippen LogP contribution >= 0.6 is 23.8 Å². The SMILES string of the molecule is O=C(O)c1cc(F)ccc1-c1nc(=S)s[nH]1. The minimum Gasteiger partial charge on any atom is -0.478 e. The van der Waals surface area contributed by atoms with Crippen LogP contribution in [0.2, 0.25) is 0 Å². The third-order valence-electron chi connectivity index (χ3n) is 1.91. The lowest BCUT2D eigenvalue weighted by molar-refractivity contribution is 0.0697. The Balaban J connectivity index is 2.64. The number of carboxylic acids is 1.